The first-order valence-corrected chi connectivity index (χ1v) is 10.4. The zero-order valence-corrected chi connectivity index (χ0v) is 17.1. The Morgan fingerprint density at radius 1 is 1.19 bits per heavy atom. The molecule has 1 N–H and O–H groups in total. The molecular formula is C19H26N4O3S. The van der Waals surface area contributed by atoms with E-state index in [2.05, 4.69) is 14.7 Å². The largest absolute Gasteiger partial charge is 0.334 e. The van der Waals surface area contributed by atoms with Gasteiger partial charge in [0, 0.05) is 18.8 Å². The van der Waals surface area contributed by atoms with Crippen molar-refractivity contribution < 1.29 is 13.2 Å². The molecule has 0 bridgehead atoms. The summed E-state index contributed by atoms with van der Waals surface area (Å²) in [6.45, 7) is 9.98. The van der Waals surface area contributed by atoms with E-state index in [1.54, 1.807) is 10.6 Å². The topological polar surface area (TPSA) is 93.4 Å². The fraction of sp³-hybridized carbons (Fsp3) is 0.474. The molecule has 0 saturated heterocycles. The number of para-hydroxylation sites is 1. The molecule has 0 amide bonds. The highest BCUT2D eigenvalue weighted by Gasteiger charge is 2.21. The number of sulfonamides is 1. The molecule has 1 unspecified atom stereocenters. The van der Waals surface area contributed by atoms with Gasteiger partial charge in [0.25, 0.3) is 10.0 Å². The minimum atomic E-state index is -3.72. The molecule has 0 aliphatic rings. The molecule has 0 aliphatic heterocycles. The van der Waals surface area contributed by atoms with E-state index in [1.807, 2.05) is 52.8 Å². The second-order valence-electron chi connectivity index (χ2n) is 7.15. The quantitative estimate of drug-likeness (QED) is 0.550. The Hall–Kier alpha value is -2.28. The van der Waals surface area contributed by atoms with Crippen molar-refractivity contribution in [2.45, 2.75) is 57.5 Å². The first kappa shape index (κ1) is 21.0. The third-order valence-corrected chi connectivity index (χ3v) is 5.75. The number of rotatable bonds is 8. The van der Waals surface area contributed by atoms with E-state index in [9.17, 15) is 13.2 Å². The molecule has 1 aromatic heterocycles. The number of hydrogen-bond acceptors (Lipinski definition) is 5. The van der Waals surface area contributed by atoms with Crippen LogP contribution >= 0.6 is 0 Å². The van der Waals surface area contributed by atoms with E-state index in [0.29, 0.717) is 5.69 Å². The van der Waals surface area contributed by atoms with E-state index in [4.69, 9.17) is 0 Å². The van der Waals surface area contributed by atoms with Crippen molar-refractivity contribution in [1.29, 1.82) is 0 Å². The summed E-state index contributed by atoms with van der Waals surface area (Å²) >= 11 is 0. The monoisotopic (exact) mass is 390 g/mol. The summed E-state index contributed by atoms with van der Waals surface area (Å²) in [6, 6.07) is 5.79. The Balaban J connectivity index is 2.23. The number of hydrogen-bond donors (Lipinski definition) is 1. The minimum Gasteiger partial charge on any atom is -0.334 e. The lowest BCUT2D eigenvalue weighted by molar-refractivity contribution is 0.564. The van der Waals surface area contributed by atoms with E-state index in [0.717, 1.165) is 11.1 Å². The lowest BCUT2D eigenvalue weighted by Crippen LogP contribution is -2.28. The van der Waals surface area contributed by atoms with Gasteiger partial charge in [0.15, 0.2) is 5.03 Å². The smallest absolute Gasteiger partial charge is 0.259 e. The molecule has 7 nitrogen and oxygen atoms in total. The minimum absolute atomic E-state index is 0.00883. The number of nitrogens with one attached hydrogen (secondary N) is 1. The molecule has 0 radical (unpaired) electrons. The summed E-state index contributed by atoms with van der Waals surface area (Å²) in [6.07, 6.45) is 4.63. The standard InChI is InChI=1S/C19H26N4O3S/c1-13(2)16-7-6-8-17(19(16)21-12-24)15(5)9-22-27(25,26)18-10-23(11-20-18)14(3)4/h6-8,10-11,13-15,22H,9H2,1-5H3. The molecule has 146 valence electrons. The highest BCUT2D eigenvalue weighted by atomic mass is 32.2. The van der Waals surface area contributed by atoms with Crippen LogP contribution in [0.3, 0.4) is 0 Å². The number of aliphatic imine (C=N–C) groups is 1. The van der Waals surface area contributed by atoms with Gasteiger partial charge in [-0.2, -0.15) is 4.99 Å². The molecule has 2 rings (SSSR count). The Kier molecular flexibility index (Phi) is 6.70. The third kappa shape index (κ3) is 4.91. The number of nitrogens with zero attached hydrogens (tertiary/aromatic N) is 3. The van der Waals surface area contributed by atoms with Crippen LogP contribution in [0.2, 0.25) is 0 Å². The zero-order chi connectivity index (χ0) is 20.2. The van der Waals surface area contributed by atoms with Crippen LogP contribution in [0.15, 0.2) is 40.7 Å². The first-order valence-electron chi connectivity index (χ1n) is 8.91. The van der Waals surface area contributed by atoms with Gasteiger partial charge in [-0.25, -0.2) is 22.9 Å². The molecular weight excluding hydrogens is 364 g/mol. The summed E-state index contributed by atoms with van der Waals surface area (Å²) in [5, 5.41) is -0.00883. The van der Waals surface area contributed by atoms with Crippen LogP contribution in [0.25, 0.3) is 0 Å². The molecule has 8 heteroatoms. The molecule has 0 fully saturated rings. The zero-order valence-electron chi connectivity index (χ0n) is 16.3. The molecule has 0 aliphatic carbocycles. The number of carbonyl (C=O) groups excluding carboxylic acids is 1. The number of isocyanates is 1. The Morgan fingerprint density at radius 2 is 1.85 bits per heavy atom. The van der Waals surface area contributed by atoms with Crippen molar-refractivity contribution >= 4 is 21.8 Å². The highest BCUT2D eigenvalue weighted by Crippen LogP contribution is 2.34. The predicted octanol–water partition coefficient (Wildman–Crippen LogP) is 3.64. The van der Waals surface area contributed by atoms with E-state index in [1.165, 1.54) is 12.5 Å². The van der Waals surface area contributed by atoms with Crippen molar-refractivity contribution in [2.24, 2.45) is 4.99 Å². The van der Waals surface area contributed by atoms with E-state index >= 15 is 0 Å². The molecule has 1 heterocycles. The Morgan fingerprint density at radius 3 is 2.41 bits per heavy atom. The van der Waals surface area contributed by atoms with Crippen LogP contribution in [-0.2, 0) is 14.8 Å². The van der Waals surface area contributed by atoms with E-state index in [-0.39, 0.29) is 29.4 Å². The highest BCUT2D eigenvalue weighted by molar-refractivity contribution is 7.89. The van der Waals surface area contributed by atoms with Crippen molar-refractivity contribution in [3.8, 4) is 0 Å². The summed E-state index contributed by atoms with van der Waals surface area (Å²) in [5.41, 5.74) is 2.31. The molecule has 2 aromatic rings. The maximum Gasteiger partial charge on any atom is 0.259 e. The van der Waals surface area contributed by atoms with Gasteiger partial charge >= 0.3 is 0 Å². The SMILES string of the molecule is CC(C)c1cccc(C(C)CNS(=O)(=O)c2cn(C(C)C)cn2)c1N=C=O. The van der Waals surface area contributed by atoms with Crippen molar-refractivity contribution in [3.05, 3.63) is 41.9 Å². The summed E-state index contributed by atoms with van der Waals surface area (Å²) < 4.78 is 29.4. The molecule has 1 aromatic carbocycles. The third-order valence-electron chi connectivity index (χ3n) is 4.44. The Labute approximate surface area is 160 Å². The number of imidazole rings is 1. The fourth-order valence-electron chi connectivity index (χ4n) is 2.78. The molecule has 0 saturated carbocycles. The summed E-state index contributed by atoms with van der Waals surface area (Å²) in [5.74, 6) is -0.00120. The van der Waals surface area contributed by atoms with Crippen LogP contribution < -0.4 is 4.72 Å². The summed E-state index contributed by atoms with van der Waals surface area (Å²) in [4.78, 5) is 18.7. The van der Waals surface area contributed by atoms with Gasteiger partial charge < -0.3 is 4.57 Å². The van der Waals surface area contributed by atoms with Gasteiger partial charge in [0.05, 0.1) is 12.0 Å². The van der Waals surface area contributed by atoms with Crippen molar-refractivity contribution in [3.63, 3.8) is 0 Å². The first-order chi connectivity index (χ1) is 12.7. The second-order valence-corrected chi connectivity index (χ2v) is 8.86. The van der Waals surface area contributed by atoms with Gasteiger partial charge in [0.2, 0.25) is 6.08 Å². The van der Waals surface area contributed by atoms with Gasteiger partial charge in [-0.15, -0.1) is 0 Å². The average molecular weight is 391 g/mol. The van der Waals surface area contributed by atoms with Crippen LogP contribution in [-0.4, -0.2) is 30.6 Å². The molecule has 0 spiro atoms. The van der Waals surface area contributed by atoms with Gasteiger partial charge in [-0.3, -0.25) is 0 Å². The van der Waals surface area contributed by atoms with Crippen LogP contribution in [0.1, 0.15) is 63.6 Å². The van der Waals surface area contributed by atoms with Gasteiger partial charge in [-0.1, -0.05) is 39.0 Å². The van der Waals surface area contributed by atoms with Crippen LogP contribution in [0.4, 0.5) is 5.69 Å². The number of benzene rings is 1. The number of aromatic nitrogens is 2. The van der Waals surface area contributed by atoms with Crippen LogP contribution in [0, 0.1) is 0 Å². The predicted molar refractivity (Wildman–Crippen MR) is 105 cm³/mol. The normalized spacial score (nSPS) is 13.0. The summed E-state index contributed by atoms with van der Waals surface area (Å²) in [7, 11) is -3.72. The van der Waals surface area contributed by atoms with Crippen molar-refractivity contribution in [2.75, 3.05) is 6.54 Å². The molecule has 27 heavy (non-hydrogen) atoms. The van der Waals surface area contributed by atoms with Gasteiger partial charge in [0.1, 0.15) is 0 Å². The maximum absolute atomic E-state index is 12.5. The second kappa shape index (κ2) is 8.61. The van der Waals surface area contributed by atoms with E-state index < -0.39 is 10.0 Å². The Bertz CT molecular complexity index is 942. The van der Waals surface area contributed by atoms with Crippen LogP contribution in [0.5, 0.6) is 0 Å². The molecule has 1 atom stereocenters. The lowest BCUT2D eigenvalue weighted by Gasteiger charge is -2.18. The van der Waals surface area contributed by atoms with Crippen molar-refractivity contribution in [1.82, 2.24) is 14.3 Å². The maximum atomic E-state index is 12.5. The fourth-order valence-corrected chi connectivity index (χ4v) is 3.84. The lowest BCUT2D eigenvalue weighted by atomic mass is 9.92. The average Bonchev–Trinajstić information content (AvgIpc) is 3.11. The van der Waals surface area contributed by atoms with Gasteiger partial charge in [-0.05, 0) is 36.8 Å².